The molecule has 0 unspecified atom stereocenters. The molecule has 110 valence electrons. The monoisotopic (exact) mass is 315 g/mol. The van der Waals surface area contributed by atoms with Crippen LogP contribution in [0.25, 0.3) is 0 Å². The summed E-state index contributed by atoms with van der Waals surface area (Å²) in [4.78, 5) is 23.1. The van der Waals surface area contributed by atoms with Crippen LogP contribution in [0, 0.1) is 0 Å². The van der Waals surface area contributed by atoms with Gasteiger partial charge in [0.2, 0.25) is 0 Å². The number of carbonyl (C=O) groups excluding carboxylic acids is 2. The van der Waals surface area contributed by atoms with Crippen molar-refractivity contribution < 1.29 is 19.1 Å². The predicted octanol–water partition coefficient (Wildman–Crippen LogP) is 3.15. The molecule has 0 fully saturated rings. The number of ether oxygens (including phenoxy) is 2. The Kier molecular flexibility index (Phi) is 7.32. The molecule has 0 N–H and O–H groups in total. The van der Waals surface area contributed by atoms with E-state index >= 15 is 0 Å². The fraction of sp³-hybridized carbons (Fsp3) is 0.385. The summed E-state index contributed by atoms with van der Waals surface area (Å²) in [6, 6.07) is 7.16. The number of rotatable bonds is 6. The number of benzene rings is 1. The van der Waals surface area contributed by atoms with Crippen molar-refractivity contribution in [2.24, 2.45) is 0 Å². The van der Waals surface area contributed by atoms with Gasteiger partial charge in [0.15, 0.2) is 0 Å². The van der Waals surface area contributed by atoms with Crippen LogP contribution >= 0.6 is 23.9 Å². The van der Waals surface area contributed by atoms with Gasteiger partial charge in [-0.1, -0.05) is 18.2 Å². The number of methoxy groups -OCH3 is 1. The molecule has 0 atom stereocenters. The first-order valence-electron chi connectivity index (χ1n) is 5.87. The van der Waals surface area contributed by atoms with Crippen molar-refractivity contribution in [1.29, 1.82) is 0 Å². The molecule has 0 aliphatic carbocycles. The average Bonchev–Trinajstić information content (AvgIpc) is 2.47. The van der Waals surface area contributed by atoms with E-state index in [0.29, 0.717) is 12.2 Å². The summed E-state index contributed by atoms with van der Waals surface area (Å²) in [6.07, 6.45) is 3.85. The number of nitrogens with zero attached hydrogens (tertiary/aromatic N) is 1. The molecule has 1 aromatic rings. The van der Waals surface area contributed by atoms with Crippen LogP contribution in [0.3, 0.4) is 0 Å². The number of hydrogen-bond donors (Lipinski definition) is 0. The molecule has 0 heterocycles. The zero-order chi connectivity index (χ0) is 15.0. The summed E-state index contributed by atoms with van der Waals surface area (Å²) >= 11 is 2.55. The number of para-hydroxylation sites is 1. The molecule has 0 aliphatic rings. The van der Waals surface area contributed by atoms with Crippen LogP contribution in [-0.4, -0.2) is 35.4 Å². The van der Waals surface area contributed by atoms with Gasteiger partial charge in [0.1, 0.15) is 5.75 Å². The lowest BCUT2D eigenvalue weighted by Crippen LogP contribution is -2.21. The van der Waals surface area contributed by atoms with E-state index in [1.54, 1.807) is 24.6 Å². The minimum absolute atomic E-state index is 0.250. The Hall–Kier alpha value is -1.34. The molecule has 1 aromatic carbocycles. The lowest BCUT2D eigenvalue weighted by molar-refractivity contribution is -0.140. The smallest absolute Gasteiger partial charge is 0.435 e. The fourth-order valence-electron chi connectivity index (χ4n) is 1.50. The number of hydrogen-bond acceptors (Lipinski definition) is 6. The zero-order valence-electron chi connectivity index (χ0n) is 11.6. The molecule has 0 saturated carbocycles. The number of amides is 1. The lowest BCUT2D eigenvalue weighted by Gasteiger charge is -2.16. The van der Waals surface area contributed by atoms with Gasteiger partial charge in [-0.15, -0.1) is 0 Å². The molecule has 0 radical (unpaired) electrons. The average molecular weight is 315 g/mol. The van der Waals surface area contributed by atoms with E-state index in [9.17, 15) is 9.59 Å². The normalized spacial score (nSPS) is 9.95. The van der Waals surface area contributed by atoms with Crippen LogP contribution in [-0.2, 0) is 16.0 Å². The van der Waals surface area contributed by atoms with Crippen LogP contribution in [0.4, 0.5) is 4.79 Å². The Morgan fingerprint density at radius 3 is 2.45 bits per heavy atom. The minimum Gasteiger partial charge on any atom is -0.469 e. The number of aryl methyl sites for hydroxylation is 1. The zero-order valence-corrected chi connectivity index (χ0v) is 13.3. The second-order valence-corrected chi connectivity index (χ2v) is 5.37. The summed E-state index contributed by atoms with van der Waals surface area (Å²) < 4.78 is 11.4. The topological polar surface area (TPSA) is 55.8 Å². The van der Waals surface area contributed by atoms with Crippen molar-refractivity contribution in [3.63, 3.8) is 0 Å². The Bertz CT molecular complexity index is 463. The molecule has 7 heteroatoms. The summed E-state index contributed by atoms with van der Waals surface area (Å²) in [7, 11) is 1.35. The van der Waals surface area contributed by atoms with E-state index in [0.717, 1.165) is 5.56 Å². The Balaban J connectivity index is 2.74. The van der Waals surface area contributed by atoms with E-state index in [2.05, 4.69) is 4.74 Å². The summed E-state index contributed by atoms with van der Waals surface area (Å²) in [5.41, 5.74) is 0.799. The van der Waals surface area contributed by atoms with Gasteiger partial charge in [-0.3, -0.25) is 4.79 Å². The van der Waals surface area contributed by atoms with Crippen molar-refractivity contribution >= 4 is 36.0 Å². The van der Waals surface area contributed by atoms with Gasteiger partial charge in [-0.05, 0) is 41.9 Å². The minimum atomic E-state index is -0.449. The highest BCUT2D eigenvalue weighted by atomic mass is 32.2. The van der Waals surface area contributed by atoms with E-state index in [-0.39, 0.29) is 12.4 Å². The first kappa shape index (κ1) is 16.7. The molecule has 5 nitrogen and oxygen atoms in total. The van der Waals surface area contributed by atoms with E-state index in [1.807, 2.05) is 12.1 Å². The van der Waals surface area contributed by atoms with E-state index in [1.165, 1.54) is 34.7 Å². The Morgan fingerprint density at radius 1 is 1.20 bits per heavy atom. The maximum atomic E-state index is 11.9. The third-order valence-corrected chi connectivity index (χ3v) is 4.33. The van der Waals surface area contributed by atoms with Crippen LogP contribution in [0.2, 0.25) is 0 Å². The highest BCUT2D eigenvalue weighted by Crippen LogP contribution is 2.24. The van der Waals surface area contributed by atoms with Gasteiger partial charge in [0.25, 0.3) is 0 Å². The van der Waals surface area contributed by atoms with Gasteiger partial charge in [0, 0.05) is 18.9 Å². The van der Waals surface area contributed by atoms with Gasteiger partial charge in [0.05, 0.1) is 7.11 Å². The molecule has 1 rings (SSSR count). The molecule has 20 heavy (non-hydrogen) atoms. The predicted molar refractivity (Wildman–Crippen MR) is 81.7 cm³/mol. The molecule has 1 amide bonds. The molecular weight excluding hydrogens is 298 g/mol. The molecule has 0 aliphatic heterocycles. The van der Waals surface area contributed by atoms with Gasteiger partial charge in [-0.25, -0.2) is 4.79 Å². The van der Waals surface area contributed by atoms with Crippen LogP contribution in [0.1, 0.15) is 12.0 Å². The number of carbonyl (C=O) groups is 2. The quantitative estimate of drug-likeness (QED) is 0.594. The van der Waals surface area contributed by atoms with Crippen LogP contribution < -0.4 is 4.74 Å². The third kappa shape index (κ3) is 4.97. The van der Waals surface area contributed by atoms with Crippen molar-refractivity contribution in [1.82, 2.24) is 3.71 Å². The van der Waals surface area contributed by atoms with Crippen LogP contribution in [0.5, 0.6) is 5.75 Å². The maximum absolute atomic E-state index is 11.9. The van der Waals surface area contributed by atoms with Crippen molar-refractivity contribution in [2.45, 2.75) is 12.8 Å². The first-order chi connectivity index (χ1) is 9.62. The second kappa shape index (κ2) is 8.76. The SMILES string of the molecule is COC(=O)CCc1ccccc1OC(=O)N(SC)SC. The lowest BCUT2D eigenvalue weighted by atomic mass is 10.1. The molecule has 0 aromatic heterocycles. The van der Waals surface area contributed by atoms with Gasteiger partial charge >= 0.3 is 12.1 Å². The van der Waals surface area contributed by atoms with Gasteiger partial charge < -0.3 is 9.47 Å². The molecular formula is C13H17NO4S2. The Labute approximate surface area is 127 Å². The molecule has 0 spiro atoms. The maximum Gasteiger partial charge on any atom is 0.435 e. The van der Waals surface area contributed by atoms with Crippen molar-refractivity contribution in [3.8, 4) is 5.75 Å². The first-order valence-corrected chi connectivity index (χ1v) is 8.23. The third-order valence-electron chi connectivity index (χ3n) is 2.48. The van der Waals surface area contributed by atoms with E-state index in [4.69, 9.17) is 4.74 Å². The van der Waals surface area contributed by atoms with Crippen LogP contribution in [0.15, 0.2) is 24.3 Å². The Morgan fingerprint density at radius 2 is 1.85 bits per heavy atom. The summed E-state index contributed by atoms with van der Waals surface area (Å²) in [5, 5.41) is 0. The highest BCUT2D eigenvalue weighted by Gasteiger charge is 2.16. The molecule has 0 bridgehead atoms. The highest BCUT2D eigenvalue weighted by molar-refractivity contribution is 8.12. The largest absolute Gasteiger partial charge is 0.469 e. The fourth-order valence-corrected chi connectivity index (χ4v) is 2.47. The standard InChI is InChI=1S/C13H17NO4S2/c1-17-12(15)9-8-10-6-4-5-7-11(10)18-13(16)14(19-2)20-3/h4-7H,8-9H2,1-3H3. The van der Waals surface area contributed by atoms with Gasteiger partial charge in [-0.2, -0.15) is 3.71 Å². The van der Waals surface area contributed by atoms with Crippen molar-refractivity contribution in [3.05, 3.63) is 29.8 Å². The number of esters is 1. The second-order valence-electron chi connectivity index (χ2n) is 3.67. The summed E-state index contributed by atoms with van der Waals surface area (Å²) in [6.45, 7) is 0. The van der Waals surface area contributed by atoms with Crippen molar-refractivity contribution in [2.75, 3.05) is 19.6 Å². The molecule has 0 saturated heterocycles. The summed E-state index contributed by atoms with van der Waals surface area (Å²) in [5.74, 6) is 0.176. The van der Waals surface area contributed by atoms with E-state index < -0.39 is 6.09 Å².